The van der Waals surface area contributed by atoms with Gasteiger partial charge in [0.15, 0.2) is 0 Å². The van der Waals surface area contributed by atoms with Crippen molar-refractivity contribution in [1.29, 1.82) is 0 Å². The number of aryl methyl sites for hydroxylation is 2. The van der Waals surface area contributed by atoms with E-state index in [1.54, 1.807) is 0 Å². The fourth-order valence-electron chi connectivity index (χ4n) is 3.48. The van der Waals surface area contributed by atoms with Crippen molar-refractivity contribution in [3.05, 3.63) is 35.3 Å². The van der Waals surface area contributed by atoms with Gasteiger partial charge in [-0.25, -0.2) is 0 Å². The topological polar surface area (TPSA) is 59.2 Å². The lowest BCUT2D eigenvalue weighted by Crippen LogP contribution is -2.40. The first-order valence-electron chi connectivity index (χ1n) is 8.65. The number of hydrogen-bond acceptors (Lipinski definition) is 4. The summed E-state index contributed by atoms with van der Waals surface area (Å²) in [6.07, 6.45) is 3.87. The Morgan fingerprint density at radius 1 is 1.29 bits per heavy atom. The maximum atomic E-state index is 12.1. The van der Waals surface area contributed by atoms with E-state index in [4.69, 9.17) is 4.52 Å². The lowest BCUT2D eigenvalue weighted by molar-refractivity contribution is -0.135. The molecule has 5 nitrogen and oxygen atoms in total. The van der Waals surface area contributed by atoms with Gasteiger partial charge < -0.3 is 9.42 Å². The predicted molar refractivity (Wildman–Crippen MR) is 92.6 cm³/mol. The Morgan fingerprint density at radius 3 is 2.58 bits per heavy atom. The summed E-state index contributed by atoms with van der Waals surface area (Å²) in [6.45, 7) is 9.46. The van der Waals surface area contributed by atoms with E-state index in [-0.39, 0.29) is 11.8 Å². The number of piperidine rings is 1. The van der Waals surface area contributed by atoms with Gasteiger partial charge in [0.2, 0.25) is 5.91 Å². The minimum atomic E-state index is 0.0774. The van der Waals surface area contributed by atoms with Crippen LogP contribution in [-0.4, -0.2) is 34.0 Å². The summed E-state index contributed by atoms with van der Waals surface area (Å²) in [5, 5.41) is 4.02. The molecule has 1 aliphatic rings. The first-order chi connectivity index (χ1) is 11.5. The van der Waals surface area contributed by atoms with Crippen molar-refractivity contribution >= 4 is 5.91 Å². The molecule has 0 unspecified atom stereocenters. The van der Waals surface area contributed by atoms with Crippen LogP contribution in [0.15, 0.2) is 22.9 Å². The normalized spacial score (nSPS) is 16.0. The molecule has 1 saturated heterocycles. The van der Waals surface area contributed by atoms with Crippen LogP contribution in [0.5, 0.6) is 0 Å². The van der Waals surface area contributed by atoms with Gasteiger partial charge >= 0.3 is 0 Å². The number of aromatic nitrogens is 2. The van der Waals surface area contributed by atoms with E-state index >= 15 is 0 Å². The van der Waals surface area contributed by atoms with Crippen molar-refractivity contribution in [1.82, 2.24) is 15.0 Å². The average Bonchev–Trinajstić information content (AvgIpc) is 2.93. The van der Waals surface area contributed by atoms with Gasteiger partial charge in [-0.2, -0.15) is 0 Å². The maximum Gasteiger partial charge on any atom is 0.225 e. The van der Waals surface area contributed by atoms with Crippen molar-refractivity contribution in [2.45, 2.75) is 46.5 Å². The second-order valence-electron chi connectivity index (χ2n) is 6.93. The Bertz CT molecular complexity index is 708. The second kappa shape index (κ2) is 6.75. The van der Waals surface area contributed by atoms with Gasteiger partial charge in [0, 0.05) is 25.2 Å². The Morgan fingerprint density at radius 2 is 2.00 bits per heavy atom. The number of carbonyl (C=O) groups excluding carboxylic acids is 1. The number of rotatable bonds is 3. The summed E-state index contributed by atoms with van der Waals surface area (Å²) in [6, 6.07) is 4.24. The highest BCUT2D eigenvalue weighted by Crippen LogP contribution is 2.32. The Kier molecular flexibility index (Phi) is 4.69. The van der Waals surface area contributed by atoms with E-state index < -0.39 is 0 Å². The minimum Gasteiger partial charge on any atom is -0.361 e. The average molecular weight is 327 g/mol. The fraction of sp³-hybridized carbons (Fsp3) is 0.526. The number of carbonyl (C=O) groups is 1. The molecule has 0 atom stereocenters. The van der Waals surface area contributed by atoms with E-state index in [2.05, 4.69) is 22.3 Å². The largest absolute Gasteiger partial charge is 0.361 e. The van der Waals surface area contributed by atoms with Crippen LogP contribution in [0.1, 0.15) is 49.6 Å². The quantitative estimate of drug-likeness (QED) is 0.862. The zero-order valence-corrected chi connectivity index (χ0v) is 14.9. The van der Waals surface area contributed by atoms with Crippen LogP contribution in [-0.2, 0) is 4.79 Å². The smallest absolute Gasteiger partial charge is 0.225 e. The van der Waals surface area contributed by atoms with Crippen LogP contribution in [0.25, 0.3) is 11.3 Å². The molecule has 24 heavy (non-hydrogen) atoms. The molecule has 0 radical (unpaired) electrons. The standard InChI is InChI=1S/C19H25N3O2/c1-12(2)19(23)22-9-6-15(7-10-22)16-5-8-20-17(11-16)18-13(3)21-24-14(18)4/h5,8,11-12,15H,6-7,9-10H2,1-4H3. The third-order valence-corrected chi connectivity index (χ3v) is 4.85. The zero-order valence-electron chi connectivity index (χ0n) is 14.9. The molecule has 0 aliphatic carbocycles. The third kappa shape index (κ3) is 3.21. The van der Waals surface area contributed by atoms with E-state index in [1.807, 2.05) is 38.8 Å². The number of nitrogens with zero attached hydrogens (tertiary/aromatic N) is 3. The SMILES string of the molecule is Cc1noc(C)c1-c1cc(C2CCN(C(=O)C(C)C)CC2)ccn1. The summed E-state index contributed by atoms with van der Waals surface area (Å²) < 4.78 is 5.26. The molecule has 128 valence electrons. The maximum absolute atomic E-state index is 12.1. The van der Waals surface area contributed by atoms with Crippen LogP contribution in [0.3, 0.4) is 0 Å². The molecule has 3 heterocycles. The van der Waals surface area contributed by atoms with Crippen molar-refractivity contribution in [3.63, 3.8) is 0 Å². The van der Waals surface area contributed by atoms with Crippen molar-refractivity contribution in [2.24, 2.45) is 5.92 Å². The number of likely N-dealkylation sites (tertiary alicyclic amines) is 1. The summed E-state index contributed by atoms with van der Waals surface area (Å²) in [5.74, 6) is 1.62. The summed E-state index contributed by atoms with van der Waals surface area (Å²) in [4.78, 5) is 18.6. The van der Waals surface area contributed by atoms with E-state index in [9.17, 15) is 4.79 Å². The van der Waals surface area contributed by atoms with Crippen LogP contribution < -0.4 is 0 Å². The third-order valence-electron chi connectivity index (χ3n) is 4.85. The number of hydrogen-bond donors (Lipinski definition) is 0. The van der Waals surface area contributed by atoms with Crippen LogP contribution in [0.4, 0.5) is 0 Å². The van der Waals surface area contributed by atoms with E-state index in [0.29, 0.717) is 5.92 Å². The van der Waals surface area contributed by atoms with Gasteiger partial charge in [-0.15, -0.1) is 0 Å². The molecule has 0 aromatic carbocycles. The molecule has 2 aromatic heterocycles. The highest BCUT2D eigenvalue weighted by molar-refractivity contribution is 5.78. The highest BCUT2D eigenvalue weighted by Gasteiger charge is 2.25. The van der Waals surface area contributed by atoms with Crippen LogP contribution in [0.2, 0.25) is 0 Å². The molecule has 1 aliphatic heterocycles. The molecule has 0 bridgehead atoms. The van der Waals surface area contributed by atoms with E-state index in [1.165, 1.54) is 5.56 Å². The Hall–Kier alpha value is -2.17. The van der Waals surface area contributed by atoms with E-state index in [0.717, 1.165) is 48.6 Å². The van der Waals surface area contributed by atoms with Gasteiger partial charge in [-0.3, -0.25) is 9.78 Å². The Labute approximate surface area is 143 Å². The van der Waals surface area contributed by atoms with Crippen LogP contribution >= 0.6 is 0 Å². The molecule has 5 heteroatoms. The summed E-state index contributed by atoms with van der Waals surface area (Å²) in [5.41, 5.74) is 4.07. The Balaban J connectivity index is 1.76. The predicted octanol–water partition coefficient (Wildman–Crippen LogP) is 3.72. The van der Waals surface area contributed by atoms with Crippen molar-refractivity contribution < 1.29 is 9.32 Å². The first-order valence-corrected chi connectivity index (χ1v) is 8.65. The highest BCUT2D eigenvalue weighted by atomic mass is 16.5. The molecule has 0 N–H and O–H groups in total. The summed E-state index contributed by atoms with van der Waals surface area (Å²) in [7, 11) is 0. The van der Waals surface area contributed by atoms with Crippen molar-refractivity contribution in [3.8, 4) is 11.3 Å². The molecular weight excluding hydrogens is 302 g/mol. The van der Waals surface area contributed by atoms with Gasteiger partial charge in [-0.05, 0) is 50.3 Å². The molecule has 0 spiro atoms. The molecule has 3 rings (SSSR count). The lowest BCUT2D eigenvalue weighted by Gasteiger charge is -2.33. The van der Waals surface area contributed by atoms with Gasteiger partial charge in [0.1, 0.15) is 5.76 Å². The monoisotopic (exact) mass is 327 g/mol. The molecule has 0 saturated carbocycles. The first kappa shape index (κ1) is 16.7. The molecule has 1 fully saturated rings. The lowest BCUT2D eigenvalue weighted by atomic mass is 9.88. The zero-order chi connectivity index (χ0) is 17.3. The summed E-state index contributed by atoms with van der Waals surface area (Å²) >= 11 is 0. The molecule has 2 aromatic rings. The van der Waals surface area contributed by atoms with Gasteiger partial charge in [-0.1, -0.05) is 19.0 Å². The molecule has 1 amide bonds. The van der Waals surface area contributed by atoms with Gasteiger partial charge in [0.05, 0.1) is 17.0 Å². The number of amides is 1. The van der Waals surface area contributed by atoms with Gasteiger partial charge in [0.25, 0.3) is 0 Å². The fourth-order valence-corrected chi connectivity index (χ4v) is 3.48. The molecular formula is C19H25N3O2. The second-order valence-corrected chi connectivity index (χ2v) is 6.93. The minimum absolute atomic E-state index is 0.0774. The van der Waals surface area contributed by atoms with Crippen LogP contribution in [0, 0.1) is 19.8 Å². The van der Waals surface area contributed by atoms with Crippen molar-refractivity contribution in [2.75, 3.05) is 13.1 Å². The number of pyridine rings is 1.